The van der Waals surface area contributed by atoms with Gasteiger partial charge in [-0.2, -0.15) is 5.10 Å². The van der Waals surface area contributed by atoms with E-state index in [1.165, 1.54) is 16.4 Å². The van der Waals surface area contributed by atoms with Gasteiger partial charge in [-0.1, -0.05) is 13.8 Å². The van der Waals surface area contributed by atoms with Crippen LogP contribution in [0.3, 0.4) is 0 Å². The molecular weight excluding hydrogens is 289 g/mol. The van der Waals surface area contributed by atoms with E-state index in [0.29, 0.717) is 6.04 Å². The van der Waals surface area contributed by atoms with Crippen LogP contribution in [-0.4, -0.2) is 22.4 Å². The van der Waals surface area contributed by atoms with Crippen molar-refractivity contribution < 1.29 is 0 Å². The average Bonchev–Trinajstić information content (AvgIpc) is 2.50. The van der Waals surface area contributed by atoms with Gasteiger partial charge in [0.05, 0.1) is 9.77 Å². The molecule has 0 saturated carbocycles. The maximum atomic E-state index is 4.24. The maximum absolute atomic E-state index is 4.24. The third-order valence-electron chi connectivity index (χ3n) is 1.97. The Labute approximate surface area is 99.4 Å². The first-order valence-corrected chi connectivity index (χ1v) is 6.17. The van der Waals surface area contributed by atoms with E-state index in [-0.39, 0.29) is 0 Å². The Kier molecular flexibility index (Phi) is 5.47. The van der Waals surface area contributed by atoms with E-state index >= 15 is 0 Å². The fourth-order valence-electron chi connectivity index (χ4n) is 1.25. The molecule has 0 atom stereocenters. The van der Waals surface area contributed by atoms with Gasteiger partial charge >= 0.3 is 0 Å². The van der Waals surface area contributed by atoms with Gasteiger partial charge in [0.25, 0.3) is 0 Å². The number of nitrogens with zero attached hydrogens (tertiary/aromatic N) is 2. The number of rotatable bonds is 6. The first-order valence-electron chi connectivity index (χ1n) is 5.10. The Bertz CT molecular complexity index is 258. The summed E-state index contributed by atoms with van der Waals surface area (Å²) < 4.78 is 3.22. The van der Waals surface area contributed by atoms with Crippen molar-refractivity contribution in [3.05, 3.63) is 16.0 Å². The standard InChI is InChI=1S/C10H18IN3/c1-9(2)12-5-3-4-6-14-8-10(11)7-13-14/h7-9,12H,3-6H2,1-2H3. The molecule has 1 aromatic heterocycles. The predicted molar refractivity (Wildman–Crippen MR) is 67.3 cm³/mol. The van der Waals surface area contributed by atoms with Crippen LogP contribution in [0.1, 0.15) is 26.7 Å². The van der Waals surface area contributed by atoms with Crippen LogP contribution < -0.4 is 5.32 Å². The number of aromatic nitrogens is 2. The van der Waals surface area contributed by atoms with Gasteiger partial charge in [-0.05, 0) is 42.0 Å². The zero-order valence-corrected chi connectivity index (χ0v) is 11.0. The smallest absolute Gasteiger partial charge is 0.0623 e. The molecule has 80 valence electrons. The molecule has 4 heteroatoms. The minimum atomic E-state index is 0.598. The van der Waals surface area contributed by atoms with E-state index in [9.17, 15) is 0 Å². The second-order valence-electron chi connectivity index (χ2n) is 3.74. The lowest BCUT2D eigenvalue weighted by Gasteiger charge is -2.07. The van der Waals surface area contributed by atoms with Crippen molar-refractivity contribution in [2.24, 2.45) is 0 Å². The minimum Gasteiger partial charge on any atom is -0.315 e. The summed E-state index contributed by atoms with van der Waals surface area (Å²) in [5.41, 5.74) is 0. The van der Waals surface area contributed by atoms with Crippen molar-refractivity contribution in [2.45, 2.75) is 39.3 Å². The Morgan fingerprint density at radius 3 is 2.86 bits per heavy atom. The molecule has 0 spiro atoms. The van der Waals surface area contributed by atoms with Gasteiger partial charge in [0.2, 0.25) is 0 Å². The summed E-state index contributed by atoms with van der Waals surface area (Å²) in [5.74, 6) is 0. The summed E-state index contributed by atoms with van der Waals surface area (Å²) in [4.78, 5) is 0. The van der Waals surface area contributed by atoms with E-state index in [0.717, 1.165) is 13.1 Å². The van der Waals surface area contributed by atoms with Gasteiger partial charge in [0.15, 0.2) is 0 Å². The highest BCUT2D eigenvalue weighted by Crippen LogP contribution is 2.02. The van der Waals surface area contributed by atoms with Crippen LogP contribution in [0.5, 0.6) is 0 Å². The quantitative estimate of drug-likeness (QED) is 0.645. The zero-order chi connectivity index (χ0) is 10.4. The zero-order valence-electron chi connectivity index (χ0n) is 8.83. The summed E-state index contributed by atoms with van der Waals surface area (Å²) >= 11 is 2.28. The second kappa shape index (κ2) is 6.40. The topological polar surface area (TPSA) is 29.9 Å². The van der Waals surface area contributed by atoms with E-state index < -0.39 is 0 Å². The molecule has 14 heavy (non-hydrogen) atoms. The fraction of sp³-hybridized carbons (Fsp3) is 0.700. The molecule has 0 aliphatic rings. The Hall–Kier alpha value is -0.100. The number of hydrogen-bond acceptors (Lipinski definition) is 2. The summed E-state index contributed by atoms with van der Waals surface area (Å²) in [6.45, 7) is 6.49. The van der Waals surface area contributed by atoms with Crippen LogP contribution >= 0.6 is 22.6 Å². The minimum absolute atomic E-state index is 0.598. The van der Waals surface area contributed by atoms with Crippen molar-refractivity contribution in [2.75, 3.05) is 6.54 Å². The normalized spacial score (nSPS) is 11.1. The molecule has 0 radical (unpaired) electrons. The molecule has 0 aromatic carbocycles. The lowest BCUT2D eigenvalue weighted by Crippen LogP contribution is -2.23. The number of nitrogens with one attached hydrogen (secondary N) is 1. The number of halogens is 1. The first-order chi connectivity index (χ1) is 6.68. The first kappa shape index (κ1) is 12.0. The van der Waals surface area contributed by atoms with Crippen molar-refractivity contribution in [3.8, 4) is 0 Å². The summed E-state index contributed by atoms with van der Waals surface area (Å²) in [5, 5.41) is 7.64. The third kappa shape index (κ3) is 4.95. The van der Waals surface area contributed by atoms with E-state index in [1.54, 1.807) is 0 Å². The lowest BCUT2D eigenvalue weighted by atomic mass is 10.3. The Morgan fingerprint density at radius 1 is 1.50 bits per heavy atom. The highest BCUT2D eigenvalue weighted by molar-refractivity contribution is 14.1. The second-order valence-corrected chi connectivity index (χ2v) is 4.98. The van der Waals surface area contributed by atoms with Gasteiger partial charge < -0.3 is 5.32 Å². The molecule has 0 bridgehead atoms. The van der Waals surface area contributed by atoms with Crippen LogP contribution in [0.4, 0.5) is 0 Å². The van der Waals surface area contributed by atoms with Crippen molar-refractivity contribution in [1.29, 1.82) is 0 Å². The van der Waals surface area contributed by atoms with Gasteiger partial charge in [-0.25, -0.2) is 0 Å². The molecule has 3 nitrogen and oxygen atoms in total. The molecule has 0 unspecified atom stereocenters. The fourth-order valence-corrected chi connectivity index (χ4v) is 1.70. The Morgan fingerprint density at radius 2 is 2.29 bits per heavy atom. The summed E-state index contributed by atoms with van der Waals surface area (Å²) in [6, 6.07) is 0.598. The van der Waals surface area contributed by atoms with Crippen LogP contribution in [0.2, 0.25) is 0 Å². The number of hydrogen-bond donors (Lipinski definition) is 1. The monoisotopic (exact) mass is 307 g/mol. The van der Waals surface area contributed by atoms with Gasteiger partial charge in [-0.15, -0.1) is 0 Å². The van der Waals surface area contributed by atoms with Gasteiger partial charge in [-0.3, -0.25) is 4.68 Å². The number of unbranched alkanes of at least 4 members (excludes halogenated alkanes) is 1. The molecule has 0 amide bonds. The van der Waals surface area contributed by atoms with Crippen molar-refractivity contribution in [1.82, 2.24) is 15.1 Å². The summed E-state index contributed by atoms with van der Waals surface area (Å²) in [6.07, 6.45) is 6.38. The highest BCUT2D eigenvalue weighted by Gasteiger charge is 1.95. The van der Waals surface area contributed by atoms with Crippen LogP contribution in [0.15, 0.2) is 12.4 Å². The van der Waals surface area contributed by atoms with Crippen molar-refractivity contribution >= 4 is 22.6 Å². The van der Waals surface area contributed by atoms with Crippen LogP contribution in [0, 0.1) is 3.57 Å². The Balaban J connectivity index is 2.04. The number of aryl methyl sites for hydroxylation is 1. The largest absolute Gasteiger partial charge is 0.315 e. The molecule has 1 heterocycles. The highest BCUT2D eigenvalue weighted by atomic mass is 127. The molecule has 1 rings (SSSR count). The summed E-state index contributed by atoms with van der Waals surface area (Å²) in [7, 11) is 0. The lowest BCUT2D eigenvalue weighted by molar-refractivity contribution is 0.512. The molecule has 1 aromatic rings. The van der Waals surface area contributed by atoms with Gasteiger partial charge in [0.1, 0.15) is 0 Å². The molecule has 0 aliphatic carbocycles. The van der Waals surface area contributed by atoms with Crippen molar-refractivity contribution in [3.63, 3.8) is 0 Å². The SMILES string of the molecule is CC(C)NCCCCn1cc(I)cn1. The molecule has 0 fully saturated rings. The van der Waals surface area contributed by atoms with E-state index in [4.69, 9.17) is 0 Å². The molecular formula is C10H18IN3. The average molecular weight is 307 g/mol. The van der Waals surface area contributed by atoms with Crippen LogP contribution in [0.25, 0.3) is 0 Å². The van der Waals surface area contributed by atoms with E-state index in [2.05, 4.69) is 53.1 Å². The predicted octanol–water partition coefficient (Wildman–Crippen LogP) is 2.27. The van der Waals surface area contributed by atoms with Gasteiger partial charge in [0, 0.05) is 18.8 Å². The molecule has 0 saturated heterocycles. The maximum Gasteiger partial charge on any atom is 0.0623 e. The molecule has 0 aliphatic heterocycles. The van der Waals surface area contributed by atoms with Crippen LogP contribution in [-0.2, 0) is 6.54 Å². The third-order valence-corrected chi connectivity index (χ3v) is 2.53. The van der Waals surface area contributed by atoms with E-state index in [1.807, 2.05) is 10.9 Å². The molecule has 1 N–H and O–H groups in total.